The molecule has 2 aromatic rings. The number of aldehydes is 1. The van der Waals surface area contributed by atoms with Crippen molar-refractivity contribution in [2.75, 3.05) is 0 Å². The highest BCUT2D eigenvalue weighted by Gasteiger charge is 1.95. The van der Waals surface area contributed by atoms with Gasteiger partial charge >= 0.3 is 0 Å². The number of benzene rings is 2. The van der Waals surface area contributed by atoms with Crippen LogP contribution >= 0.6 is 11.6 Å². The van der Waals surface area contributed by atoms with E-state index in [1.54, 1.807) is 6.07 Å². The molecule has 0 saturated heterocycles. The quantitative estimate of drug-likeness (QED) is 0.631. The van der Waals surface area contributed by atoms with Crippen LogP contribution in [-0.4, -0.2) is 6.29 Å². The van der Waals surface area contributed by atoms with Gasteiger partial charge in [-0.25, -0.2) is 0 Å². The van der Waals surface area contributed by atoms with Crippen molar-refractivity contribution in [2.24, 2.45) is 0 Å². The lowest BCUT2D eigenvalue weighted by atomic mass is 10.1. The molecule has 0 N–H and O–H groups in total. The van der Waals surface area contributed by atoms with E-state index < -0.39 is 0 Å². The second-order valence-corrected chi connectivity index (χ2v) is 3.31. The summed E-state index contributed by atoms with van der Waals surface area (Å²) in [6, 6.07) is 11.2. The highest BCUT2D eigenvalue weighted by atomic mass is 35.5. The summed E-state index contributed by atoms with van der Waals surface area (Å²) in [7, 11) is 0. The second-order valence-electron chi connectivity index (χ2n) is 2.87. The normalized spacial score (nSPS) is 10.2. The molecule has 0 radical (unpaired) electrons. The summed E-state index contributed by atoms with van der Waals surface area (Å²) in [5.74, 6) is 0. The van der Waals surface area contributed by atoms with E-state index in [1.807, 2.05) is 30.3 Å². The van der Waals surface area contributed by atoms with E-state index in [0.29, 0.717) is 10.6 Å². The van der Waals surface area contributed by atoms with E-state index in [0.717, 1.165) is 17.1 Å². The Labute approximate surface area is 80.9 Å². The van der Waals surface area contributed by atoms with Crippen molar-refractivity contribution in [3.05, 3.63) is 47.0 Å². The van der Waals surface area contributed by atoms with Crippen LogP contribution in [0.4, 0.5) is 0 Å². The maximum absolute atomic E-state index is 10.5. The number of rotatable bonds is 1. The van der Waals surface area contributed by atoms with Gasteiger partial charge in [0.15, 0.2) is 0 Å². The predicted molar refractivity (Wildman–Crippen MR) is 54.3 cm³/mol. The topological polar surface area (TPSA) is 17.1 Å². The highest BCUT2D eigenvalue weighted by Crippen LogP contribution is 2.19. The third kappa shape index (κ3) is 1.56. The maximum atomic E-state index is 10.5. The van der Waals surface area contributed by atoms with Crippen LogP contribution < -0.4 is 0 Å². The SMILES string of the molecule is O=Cc1ccc2ccc(Cl)cc2c1. The van der Waals surface area contributed by atoms with Crippen molar-refractivity contribution in [3.8, 4) is 0 Å². The fourth-order valence-electron chi connectivity index (χ4n) is 1.31. The van der Waals surface area contributed by atoms with Gasteiger partial charge < -0.3 is 0 Å². The van der Waals surface area contributed by atoms with Crippen LogP contribution in [0.15, 0.2) is 36.4 Å². The lowest BCUT2D eigenvalue weighted by molar-refractivity contribution is 0.112. The average Bonchev–Trinajstić information content (AvgIpc) is 2.16. The smallest absolute Gasteiger partial charge is 0.150 e. The number of hydrogen-bond donors (Lipinski definition) is 0. The molecule has 0 atom stereocenters. The molecule has 1 nitrogen and oxygen atoms in total. The minimum Gasteiger partial charge on any atom is -0.298 e. The summed E-state index contributed by atoms with van der Waals surface area (Å²) in [6.07, 6.45) is 0.834. The van der Waals surface area contributed by atoms with Gasteiger partial charge in [-0.1, -0.05) is 29.8 Å². The maximum Gasteiger partial charge on any atom is 0.150 e. The van der Waals surface area contributed by atoms with Gasteiger partial charge in [-0.15, -0.1) is 0 Å². The lowest BCUT2D eigenvalue weighted by Gasteiger charge is -1.98. The van der Waals surface area contributed by atoms with Crippen molar-refractivity contribution < 1.29 is 4.79 Å². The average molecular weight is 191 g/mol. The Morgan fingerprint density at radius 2 is 1.77 bits per heavy atom. The first-order chi connectivity index (χ1) is 6.29. The van der Waals surface area contributed by atoms with Gasteiger partial charge in [0.05, 0.1) is 0 Å². The zero-order valence-corrected chi connectivity index (χ0v) is 7.58. The lowest BCUT2D eigenvalue weighted by Crippen LogP contribution is -1.79. The number of halogens is 1. The van der Waals surface area contributed by atoms with E-state index in [1.165, 1.54) is 0 Å². The predicted octanol–water partition coefficient (Wildman–Crippen LogP) is 3.31. The molecule has 0 saturated carbocycles. The molecule has 0 aromatic heterocycles. The number of hydrogen-bond acceptors (Lipinski definition) is 1. The van der Waals surface area contributed by atoms with Crippen LogP contribution in [0.25, 0.3) is 10.8 Å². The zero-order chi connectivity index (χ0) is 9.26. The van der Waals surface area contributed by atoms with E-state index in [4.69, 9.17) is 11.6 Å². The van der Waals surface area contributed by atoms with Crippen molar-refractivity contribution in [3.63, 3.8) is 0 Å². The van der Waals surface area contributed by atoms with Crippen LogP contribution in [0.5, 0.6) is 0 Å². The molecule has 2 heteroatoms. The molecule has 2 aromatic carbocycles. The number of carbonyl (C=O) groups excluding carboxylic acids is 1. The Morgan fingerprint density at radius 1 is 1.00 bits per heavy atom. The van der Waals surface area contributed by atoms with E-state index in [2.05, 4.69) is 0 Å². The largest absolute Gasteiger partial charge is 0.298 e. The Bertz CT molecular complexity index is 463. The molecule has 0 spiro atoms. The van der Waals surface area contributed by atoms with Crippen molar-refractivity contribution >= 4 is 28.7 Å². The summed E-state index contributed by atoms with van der Waals surface area (Å²) in [6.45, 7) is 0. The van der Waals surface area contributed by atoms with E-state index in [9.17, 15) is 4.79 Å². The monoisotopic (exact) mass is 190 g/mol. The molecule has 0 heterocycles. The molecule has 13 heavy (non-hydrogen) atoms. The Balaban J connectivity index is 2.74. The van der Waals surface area contributed by atoms with Crippen molar-refractivity contribution in [1.82, 2.24) is 0 Å². The van der Waals surface area contributed by atoms with Crippen LogP contribution in [0.3, 0.4) is 0 Å². The number of fused-ring (bicyclic) bond motifs is 1. The summed E-state index contributed by atoms with van der Waals surface area (Å²) < 4.78 is 0. The molecular formula is C11H7ClO. The second kappa shape index (κ2) is 3.19. The minimum atomic E-state index is 0.676. The van der Waals surface area contributed by atoms with Gasteiger partial charge in [0.1, 0.15) is 6.29 Å². The van der Waals surface area contributed by atoms with Gasteiger partial charge in [0.2, 0.25) is 0 Å². The summed E-state index contributed by atoms with van der Waals surface area (Å²) >= 11 is 5.83. The fraction of sp³-hybridized carbons (Fsp3) is 0. The Hall–Kier alpha value is -1.34. The molecule has 2 rings (SSSR count). The standard InChI is InChI=1S/C11H7ClO/c12-11-4-3-9-2-1-8(7-13)5-10(9)6-11/h1-7H. The molecule has 0 aliphatic heterocycles. The van der Waals surface area contributed by atoms with E-state index in [-0.39, 0.29) is 0 Å². The summed E-state index contributed by atoms with van der Waals surface area (Å²) in [5, 5.41) is 2.78. The molecule has 0 amide bonds. The summed E-state index contributed by atoms with van der Waals surface area (Å²) in [5.41, 5.74) is 0.676. The van der Waals surface area contributed by atoms with E-state index >= 15 is 0 Å². The number of carbonyl (C=O) groups is 1. The first kappa shape index (κ1) is 8.27. The first-order valence-corrected chi connectivity index (χ1v) is 4.32. The fourth-order valence-corrected chi connectivity index (χ4v) is 1.49. The van der Waals surface area contributed by atoms with Crippen molar-refractivity contribution in [1.29, 1.82) is 0 Å². The van der Waals surface area contributed by atoms with Gasteiger partial charge in [-0.05, 0) is 29.0 Å². The molecule has 0 unspecified atom stereocenters. The van der Waals surface area contributed by atoms with Crippen LogP contribution in [0.1, 0.15) is 10.4 Å². The molecular weight excluding hydrogens is 184 g/mol. The van der Waals surface area contributed by atoms with Crippen LogP contribution in [0, 0.1) is 0 Å². The molecule has 0 aliphatic rings. The van der Waals surface area contributed by atoms with Crippen LogP contribution in [0.2, 0.25) is 5.02 Å². The van der Waals surface area contributed by atoms with Gasteiger partial charge in [0, 0.05) is 10.6 Å². The Morgan fingerprint density at radius 3 is 2.54 bits per heavy atom. The highest BCUT2D eigenvalue weighted by molar-refractivity contribution is 6.31. The molecule has 0 bridgehead atoms. The van der Waals surface area contributed by atoms with Crippen LogP contribution in [-0.2, 0) is 0 Å². The third-order valence-electron chi connectivity index (χ3n) is 1.96. The Kier molecular flexibility index (Phi) is 2.03. The molecule has 64 valence electrons. The molecule has 0 aliphatic carbocycles. The van der Waals surface area contributed by atoms with Gasteiger partial charge in [-0.3, -0.25) is 4.79 Å². The zero-order valence-electron chi connectivity index (χ0n) is 6.83. The molecule has 0 fully saturated rings. The summed E-state index contributed by atoms with van der Waals surface area (Å²) in [4.78, 5) is 10.5. The third-order valence-corrected chi connectivity index (χ3v) is 2.20. The van der Waals surface area contributed by atoms with Gasteiger partial charge in [0.25, 0.3) is 0 Å². The van der Waals surface area contributed by atoms with Crippen molar-refractivity contribution in [2.45, 2.75) is 0 Å². The van der Waals surface area contributed by atoms with Gasteiger partial charge in [-0.2, -0.15) is 0 Å². The first-order valence-electron chi connectivity index (χ1n) is 3.94. The minimum absolute atomic E-state index is 0.676.